The normalized spacial score (nSPS) is 10.1. The maximum absolute atomic E-state index is 13.5. The average molecular weight is 289 g/mol. The second-order valence-corrected chi connectivity index (χ2v) is 4.61. The molecular formula is C14H12FN3OS. The molecule has 1 heterocycles. The van der Waals surface area contributed by atoms with Gasteiger partial charge in [0.05, 0.1) is 17.4 Å². The van der Waals surface area contributed by atoms with E-state index in [0.717, 1.165) is 11.8 Å². The van der Waals surface area contributed by atoms with Gasteiger partial charge in [-0.25, -0.2) is 4.39 Å². The van der Waals surface area contributed by atoms with E-state index in [9.17, 15) is 9.18 Å². The molecule has 0 unspecified atom stereocenters. The first-order valence-electron chi connectivity index (χ1n) is 5.81. The summed E-state index contributed by atoms with van der Waals surface area (Å²) in [6.45, 7) is 1.83. The lowest BCUT2D eigenvalue weighted by Gasteiger charge is -2.12. The monoisotopic (exact) mass is 289 g/mol. The van der Waals surface area contributed by atoms with Crippen molar-refractivity contribution in [2.24, 2.45) is 5.73 Å². The molecule has 0 atom stereocenters. The van der Waals surface area contributed by atoms with Crippen LogP contribution >= 0.6 is 12.2 Å². The lowest BCUT2D eigenvalue weighted by molar-refractivity contribution is 0.102. The first-order chi connectivity index (χ1) is 9.50. The van der Waals surface area contributed by atoms with E-state index in [1.807, 2.05) is 13.0 Å². The summed E-state index contributed by atoms with van der Waals surface area (Å²) in [7, 11) is 0. The zero-order valence-electron chi connectivity index (χ0n) is 10.7. The third kappa shape index (κ3) is 2.80. The van der Waals surface area contributed by atoms with E-state index in [1.54, 1.807) is 12.1 Å². The van der Waals surface area contributed by atoms with Gasteiger partial charge in [0.2, 0.25) is 0 Å². The van der Waals surface area contributed by atoms with Gasteiger partial charge in [0.15, 0.2) is 5.82 Å². The van der Waals surface area contributed by atoms with E-state index in [4.69, 9.17) is 18.0 Å². The van der Waals surface area contributed by atoms with Gasteiger partial charge in [-0.05, 0) is 24.6 Å². The van der Waals surface area contributed by atoms with Crippen molar-refractivity contribution >= 4 is 28.8 Å². The fourth-order valence-electron chi connectivity index (χ4n) is 1.85. The van der Waals surface area contributed by atoms with Gasteiger partial charge in [0.1, 0.15) is 4.99 Å². The zero-order valence-corrected chi connectivity index (χ0v) is 11.5. The average Bonchev–Trinajstić information content (AvgIpc) is 2.38. The maximum Gasteiger partial charge on any atom is 0.258 e. The fraction of sp³-hybridized carbons (Fsp3) is 0.0714. The number of aromatic nitrogens is 1. The Morgan fingerprint density at radius 3 is 2.80 bits per heavy atom. The molecule has 1 amide bonds. The molecule has 1 aromatic carbocycles. The summed E-state index contributed by atoms with van der Waals surface area (Å²) in [5.74, 6) is -1.26. The van der Waals surface area contributed by atoms with Crippen molar-refractivity contribution in [1.29, 1.82) is 0 Å². The molecule has 0 saturated carbocycles. The molecule has 0 spiro atoms. The van der Waals surface area contributed by atoms with Gasteiger partial charge in [-0.2, -0.15) is 0 Å². The third-order valence-corrected chi connectivity index (χ3v) is 2.99. The summed E-state index contributed by atoms with van der Waals surface area (Å²) in [5.41, 5.74) is 7.44. The Bertz CT molecular complexity index is 688. The molecule has 102 valence electrons. The molecule has 0 fully saturated rings. The fourth-order valence-corrected chi connectivity index (χ4v) is 2.12. The van der Waals surface area contributed by atoms with Crippen LogP contribution < -0.4 is 11.1 Å². The first-order valence-corrected chi connectivity index (χ1v) is 6.22. The highest BCUT2D eigenvalue weighted by Crippen LogP contribution is 2.20. The summed E-state index contributed by atoms with van der Waals surface area (Å²) in [6.07, 6.45) is 2.34. The third-order valence-electron chi connectivity index (χ3n) is 2.78. The minimum absolute atomic E-state index is 0.0876. The van der Waals surface area contributed by atoms with Crippen molar-refractivity contribution < 1.29 is 9.18 Å². The highest BCUT2D eigenvalue weighted by molar-refractivity contribution is 7.80. The van der Waals surface area contributed by atoms with Crippen molar-refractivity contribution in [3.63, 3.8) is 0 Å². The Kier molecular flexibility index (Phi) is 4.05. The molecule has 0 radical (unpaired) electrons. The number of nitrogens with zero attached hydrogens (tertiary/aromatic N) is 1. The summed E-state index contributed by atoms with van der Waals surface area (Å²) >= 11 is 4.97. The number of rotatable bonds is 3. The highest BCUT2D eigenvalue weighted by Gasteiger charge is 2.15. The molecule has 2 aromatic rings. The number of carbonyl (C=O) groups excluding carboxylic acids is 1. The molecule has 1 aromatic heterocycles. The number of nitrogens with one attached hydrogen (secondary N) is 1. The van der Waals surface area contributed by atoms with Gasteiger partial charge in [0.25, 0.3) is 5.91 Å². The highest BCUT2D eigenvalue weighted by atomic mass is 32.1. The molecule has 0 bridgehead atoms. The number of aryl methyl sites for hydroxylation is 1. The number of carbonyl (C=O) groups is 1. The van der Waals surface area contributed by atoms with Crippen molar-refractivity contribution in [2.45, 2.75) is 6.92 Å². The van der Waals surface area contributed by atoms with Crippen LogP contribution in [0.4, 0.5) is 10.1 Å². The van der Waals surface area contributed by atoms with Crippen LogP contribution in [-0.4, -0.2) is 15.9 Å². The smallest absolute Gasteiger partial charge is 0.258 e. The second-order valence-electron chi connectivity index (χ2n) is 4.17. The van der Waals surface area contributed by atoms with E-state index in [1.165, 1.54) is 12.3 Å². The van der Waals surface area contributed by atoms with Crippen LogP contribution in [0.2, 0.25) is 0 Å². The Morgan fingerprint density at radius 1 is 1.40 bits per heavy atom. The van der Waals surface area contributed by atoms with Crippen molar-refractivity contribution in [2.75, 3.05) is 5.32 Å². The summed E-state index contributed by atoms with van der Waals surface area (Å²) in [6, 6.07) is 6.56. The van der Waals surface area contributed by atoms with E-state index in [0.29, 0.717) is 11.3 Å². The molecule has 6 heteroatoms. The van der Waals surface area contributed by atoms with Crippen LogP contribution in [0.1, 0.15) is 21.5 Å². The maximum atomic E-state index is 13.5. The van der Waals surface area contributed by atoms with Gasteiger partial charge in [-0.15, -0.1) is 0 Å². The standard InChI is InChI=1S/C14H12FN3OS/c1-8-3-2-4-11(12(8)13(16)20)18-14(19)9-5-6-17-7-10(9)15/h2-7H,1H3,(H2,16,20)(H,18,19). The lowest BCUT2D eigenvalue weighted by atomic mass is 10.1. The number of pyridine rings is 1. The summed E-state index contributed by atoms with van der Waals surface area (Å²) in [5, 5.41) is 2.62. The first kappa shape index (κ1) is 14.1. The van der Waals surface area contributed by atoms with E-state index < -0.39 is 11.7 Å². The Morgan fingerprint density at radius 2 is 2.15 bits per heavy atom. The van der Waals surface area contributed by atoms with Crippen LogP contribution in [-0.2, 0) is 0 Å². The number of amides is 1. The molecule has 3 N–H and O–H groups in total. The van der Waals surface area contributed by atoms with Gasteiger partial charge < -0.3 is 11.1 Å². The topological polar surface area (TPSA) is 68.0 Å². The van der Waals surface area contributed by atoms with Gasteiger partial charge in [-0.3, -0.25) is 9.78 Å². The van der Waals surface area contributed by atoms with Crippen molar-refractivity contribution in [3.8, 4) is 0 Å². The number of benzene rings is 1. The molecule has 20 heavy (non-hydrogen) atoms. The molecule has 0 saturated heterocycles. The van der Waals surface area contributed by atoms with Crippen molar-refractivity contribution in [3.05, 3.63) is 59.2 Å². The van der Waals surface area contributed by atoms with E-state index in [-0.39, 0.29) is 10.6 Å². The Balaban J connectivity index is 2.36. The van der Waals surface area contributed by atoms with Gasteiger partial charge in [0, 0.05) is 11.8 Å². The molecule has 2 rings (SSSR count). The van der Waals surface area contributed by atoms with Gasteiger partial charge >= 0.3 is 0 Å². The Hall–Kier alpha value is -2.34. The van der Waals surface area contributed by atoms with E-state index in [2.05, 4.69) is 10.3 Å². The number of nitrogens with two attached hydrogens (primary N) is 1. The van der Waals surface area contributed by atoms with Crippen LogP contribution in [0, 0.1) is 12.7 Å². The zero-order chi connectivity index (χ0) is 14.7. The quantitative estimate of drug-likeness (QED) is 0.852. The van der Waals surface area contributed by atoms with Crippen LogP contribution in [0.25, 0.3) is 0 Å². The number of anilines is 1. The molecule has 0 aliphatic carbocycles. The second kappa shape index (κ2) is 5.75. The van der Waals surface area contributed by atoms with Gasteiger partial charge in [-0.1, -0.05) is 24.4 Å². The molecule has 0 aliphatic rings. The largest absolute Gasteiger partial charge is 0.389 e. The molecular weight excluding hydrogens is 277 g/mol. The lowest BCUT2D eigenvalue weighted by Crippen LogP contribution is -2.19. The van der Waals surface area contributed by atoms with E-state index >= 15 is 0 Å². The van der Waals surface area contributed by atoms with Crippen LogP contribution in [0.3, 0.4) is 0 Å². The molecule has 0 aliphatic heterocycles. The SMILES string of the molecule is Cc1cccc(NC(=O)c2ccncc2F)c1C(N)=S. The minimum atomic E-state index is -0.686. The van der Waals surface area contributed by atoms with Crippen molar-refractivity contribution in [1.82, 2.24) is 4.98 Å². The number of hydrogen-bond donors (Lipinski definition) is 2. The predicted molar refractivity (Wildman–Crippen MR) is 79.2 cm³/mol. The number of halogens is 1. The van der Waals surface area contributed by atoms with Crippen LogP contribution in [0.5, 0.6) is 0 Å². The number of thiocarbonyl (C=S) groups is 1. The minimum Gasteiger partial charge on any atom is -0.389 e. The summed E-state index contributed by atoms with van der Waals surface area (Å²) in [4.78, 5) is 15.8. The summed E-state index contributed by atoms with van der Waals surface area (Å²) < 4.78 is 13.5. The van der Waals surface area contributed by atoms with Crippen LogP contribution in [0.15, 0.2) is 36.7 Å². The molecule has 4 nitrogen and oxygen atoms in total. The predicted octanol–water partition coefficient (Wildman–Crippen LogP) is 2.42. The number of hydrogen-bond acceptors (Lipinski definition) is 3. The Labute approximate surface area is 120 Å².